The molecule has 0 aromatic heterocycles. The van der Waals surface area contributed by atoms with Crippen LogP contribution >= 0.6 is 0 Å². The minimum absolute atomic E-state index is 0.00268. The molecule has 0 spiro atoms. The van der Waals surface area contributed by atoms with Gasteiger partial charge < -0.3 is 10.2 Å². The van der Waals surface area contributed by atoms with Gasteiger partial charge in [0, 0.05) is 51.8 Å². The third kappa shape index (κ3) is 4.06. The second kappa shape index (κ2) is 7.05. The highest BCUT2D eigenvalue weighted by Crippen LogP contribution is 2.08. The molecule has 1 aliphatic rings. The standard InChI is InChI=1S/C15H21N3O2/c1-13(19)16-7-8-17-9-11-18(12-10-17)15(20)14-5-3-2-4-6-14/h2-6H,7-12H2,1H3,(H,16,19). The lowest BCUT2D eigenvalue weighted by Crippen LogP contribution is -2.50. The molecule has 108 valence electrons. The first kappa shape index (κ1) is 14.5. The molecule has 1 fully saturated rings. The summed E-state index contributed by atoms with van der Waals surface area (Å²) in [7, 11) is 0. The van der Waals surface area contributed by atoms with E-state index in [2.05, 4.69) is 10.2 Å². The zero-order valence-electron chi connectivity index (χ0n) is 11.8. The first-order valence-corrected chi connectivity index (χ1v) is 6.98. The van der Waals surface area contributed by atoms with Gasteiger partial charge in [0.1, 0.15) is 0 Å². The molecule has 0 aliphatic carbocycles. The van der Waals surface area contributed by atoms with E-state index in [1.807, 2.05) is 35.2 Å². The maximum atomic E-state index is 12.3. The van der Waals surface area contributed by atoms with Crippen LogP contribution in [0.3, 0.4) is 0 Å². The van der Waals surface area contributed by atoms with Crippen LogP contribution in [0.4, 0.5) is 0 Å². The largest absolute Gasteiger partial charge is 0.355 e. The topological polar surface area (TPSA) is 52.7 Å². The van der Waals surface area contributed by atoms with Crippen molar-refractivity contribution in [3.63, 3.8) is 0 Å². The van der Waals surface area contributed by atoms with Crippen molar-refractivity contribution in [2.45, 2.75) is 6.92 Å². The van der Waals surface area contributed by atoms with E-state index in [0.29, 0.717) is 6.54 Å². The molecular formula is C15H21N3O2. The Balaban J connectivity index is 1.77. The summed E-state index contributed by atoms with van der Waals surface area (Å²) in [5, 5.41) is 2.79. The van der Waals surface area contributed by atoms with Gasteiger partial charge in [-0.1, -0.05) is 18.2 Å². The van der Waals surface area contributed by atoms with Gasteiger partial charge in [0.05, 0.1) is 0 Å². The smallest absolute Gasteiger partial charge is 0.253 e. The minimum Gasteiger partial charge on any atom is -0.355 e. The zero-order valence-corrected chi connectivity index (χ0v) is 11.8. The number of piperazine rings is 1. The summed E-state index contributed by atoms with van der Waals surface area (Å²) in [4.78, 5) is 27.2. The Morgan fingerprint density at radius 1 is 1.10 bits per heavy atom. The number of hydrogen-bond donors (Lipinski definition) is 1. The van der Waals surface area contributed by atoms with E-state index in [1.54, 1.807) is 0 Å². The molecule has 20 heavy (non-hydrogen) atoms. The molecule has 0 saturated carbocycles. The van der Waals surface area contributed by atoms with Crippen molar-refractivity contribution in [3.8, 4) is 0 Å². The summed E-state index contributed by atoms with van der Waals surface area (Å²) in [6, 6.07) is 9.39. The van der Waals surface area contributed by atoms with Crippen molar-refractivity contribution in [1.29, 1.82) is 0 Å². The third-order valence-electron chi connectivity index (χ3n) is 3.48. The number of benzene rings is 1. The maximum absolute atomic E-state index is 12.3. The lowest BCUT2D eigenvalue weighted by molar-refractivity contribution is -0.119. The Hall–Kier alpha value is -1.88. The van der Waals surface area contributed by atoms with Gasteiger partial charge in [0.15, 0.2) is 0 Å². The van der Waals surface area contributed by atoms with Crippen LogP contribution in [0.5, 0.6) is 0 Å². The first-order chi connectivity index (χ1) is 9.66. The Labute approximate surface area is 119 Å². The van der Waals surface area contributed by atoms with Crippen molar-refractivity contribution in [1.82, 2.24) is 15.1 Å². The molecule has 5 heteroatoms. The predicted octanol–water partition coefficient (Wildman–Crippen LogP) is 0.581. The summed E-state index contributed by atoms with van der Waals surface area (Å²) in [5.74, 6) is 0.106. The fourth-order valence-electron chi connectivity index (χ4n) is 2.33. The molecule has 5 nitrogen and oxygen atoms in total. The molecule has 0 radical (unpaired) electrons. The van der Waals surface area contributed by atoms with Crippen LogP contribution in [0.1, 0.15) is 17.3 Å². The number of nitrogens with zero attached hydrogens (tertiary/aromatic N) is 2. The Kier molecular flexibility index (Phi) is 5.12. The van der Waals surface area contributed by atoms with E-state index in [9.17, 15) is 9.59 Å². The summed E-state index contributed by atoms with van der Waals surface area (Å²) in [6.45, 7) is 6.24. The van der Waals surface area contributed by atoms with Crippen LogP contribution in [-0.2, 0) is 4.79 Å². The van der Waals surface area contributed by atoms with Gasteiger partial charge in [-0.15, -0.1) is 0 Å². The van der Waals surface area contributed by atoms with E-state index in [0.717, 1.165) is 38.3 Å². The highest BCUT2D eigenvalue weighted by atomic mass is 16.2. The fraction of sp³-hybridized carbons (Fsp3) is 0.467. The minimum atomic E-state index is 0.00268. The molecule has 1 heterocycles. The second-order valence-electron chi connectivity index (χ2n) is 4.98. The van der Waals surface area contributed by atoms with E-state index < -0.39 is 0 Å². The lowest BCUT2D eigenvalue weighted by atomic mass is 10.2. The molecule has 1 aromatic carbocycles. The first-order valence-electron chi connectivity index (χ1n) is 6.98. The highest BCUT2D eigenvalue weighted by molar-refractivity contribution is 5.94. The molecular weight excluding hydrogens is 254 g/mol. The monoisotopic (exact) mass is 275 g/mol. The van der Waals surface area contributed by atoms with Gasteiger partial charge in [-0.25, -0.2) is 0 Å². The number of hydrogen-bond acceptors (Lipinski definition) is 3. The number of amides is 2. The van der Waals surface area contributed by atoms with Crippen LogP contribution < -0.4 is 5.32 Å². The van der Waals surface area contributed by atoms with Crippen molar-refractivity contribution in [2.24, 2.45) is 0 Å². The maximum Gasteiger partial charge on any atom is 0.253 e. The second-order valence-corrected chi connectivity index (χ2v) is 4.98. The molecule has 2 amide bonds. The van der Waals surface area contributed by atoms with E-state index >= 15 is 0 Å². The fourth-order valence-corrected chi connectivity index (χ4v) is 2.33. The molecule has 1 saturated heterocycles. The van der Waals surface area contributed by atoms with Crippen LogP contribution in [0, 0.1) is 0 Å². The average Bonchev–Trinajstić information content (AvgIpc) is 2.48. The lowest BCUT2D eigenvalue weighted by Gasteiger charge is -2.34. The van der Waals surface area contributed by atoms with Crippen LogP contribution in [0.25, 0.3) is 0 Å². The Morgan fingerprint density at radius 3 is 2.35 bits per heavy atom. The molecule has 1 aromatic rings. The van der Waals surface area contributed by atoms with Gasteiger partial charge in [-0.2, -0.15) is 0 Å². The molecule has 0 unspecified atom stereocenters. The van der Waals surface area contributed by atoms with Gasteiger partial charge >= 0.3 is 0 Å². The Morgan fingerprint density at radius 2 is 1.75 bits per heavy atom. The van der Waals surface area contributed by atoms with E-state index in [1.165, 1.54) is 6.92 Å². The number of carbonyl (C=O) groups is 2. The van der Waals surface area contributed by atoms with E-state index in [4.69, 9.17) is 0 Å². The summed E-state index contributed by atoms with van der Waals surface area (Å²) in [6.07, 6.45) is 0. The third-order valence-corrected chi connectivity index (χ3v) is 3.48. The van der Waals surface area contributed by atoms with Crippen LogP contribution in [-0.4, -0.2) is 60.9 Å². The van der Waals surface area contributed by atoms with Crippen molar-refractivity contribution < 1.29 is 9.59 Å². The number of nitrogens with one attached hydrogen (secondary N) is 1. The van der Waals surface area contributed by atoms with Gasteiger partial charge in [0.25, 0.3) is 5.91 Å². The highest BCUT2D eigenvalue weighted by Gasteiger charge is 2.21. The zero-order chi connectivity index (χ0) is 14.4. The van der Waals surface area contributed by atoms with Crippen molar-refractivity contribution >= 4 is 11.8 Å². The Bertz CT molecular complexity index is 453. The predicted molar refractivity (Wildman–Crippen MR) is 77.5 cm³/mol. The summed E-state index contributed by atoms with van der Waals surface area (Å²) in [5.41, 5.74) is 0.749. The van der Waals surface area contributed by atoms with Crippen LogP contribution in [0.2, 0.25) is 0 Å². The van der Waals surface area contributed by atoms with Crippen molar-refractivity contribution in [3.05, 3.63) is 35.9 Å². The molecule has 2 rings (SSSR count). The van der Waals surface area contributed by atoms with Gasteiger partial charge in [-0.3, -0.25) is 14.5 Å². The molecule has 1 N–H and O–H groups in total. The summed E-state index contributed by atoms with van der Waals surface area (Å²) >= 11 is 0. The van der Waals surface area contributed by atoms with Gasteiger partial charge in [0.2, 0.25) is 5.91 Å². The van der Waals surface area contributed by atoms with E-state index in [-0.39, 0.29) is 11.8 Å². The molecule has 1 aliphatic heterocycles. The number of carbonyl (C=O) groups excluding carboxylic acids is 2. The number of rotatable bonds is 4. The molecule has 0 bridgehead atoms. The van der Waals surface area contributed by atoms with Crippen molar-refractivity contribution in [2.75, 3.05) is 39.3 Å². The van der Waals surface area contributed by atoms with Crippen LogP contribution in [0.15, 0.2) is 30.3 Å². The quantitative estimate of drug-likeness (QED) is 0.874. The average molecular weight is 275 g/mol. The summed E-state index contributed by atoms with van der Waals surface area (Å²) < 4.78 is 0. The SMILES string of the molecule is CC(=O)NCCN1CCN(C(=O)c2ccccc2)CC1. The van der Waals surface area contributed by atoms with Gasteiger partial charge in [-0.05, 0) is 12.1 Å². The normalized spacial score (nSPS) is 15.9. The molecule has 0 atom stereocenters.